The molecule has 0 saturated heterocycles. The topological polar surface area (TPSA) is 29.9 Å². The van der Waals surface area contributed by atoms with Crippen LogP contribution in [0.2, 0.25) is 0 Å². The van der Waals surface area contributed by atoms with Crippen molar-refractivity contribution in [1.29, 1.82) is 0 Å². The number of hydrogen-bond acceptors (Lipinski definition) is 2. The Labute approximate surface area is 122 Å². The van der Waals surface area contributed by atoms with Crippen LogP contribution < -0.4 is 5.32 Å². The van der Waals surface area contributed by atoms with E-state index < -0.39 is 0 Å². The second-order valence-electron chi connectivity index (χ2n) is 6.42. The maximum Gasteiger partial charge on any atom is 0.0631 e. The zero-order chi connectivity index (χ0) is 14.6. The Morgan fingerprint density at radius 3 is 2.40 bits per heavy atom. The summed E-state index contributed by atoms with van der Waals surface area (Å²) in [4.78, 5) is 0. The summed E-state index contributed by atoms with van der Waals surface area (Å²) in [6, 6.07) is 12.8. The summed E-state index contributed by atoms with van der Waals surface area (Å²) in [5, 5.41) is 8.12. The molecule has 2 aromatic rings. The molecule has 0 aliphatic heterocycles. The van der Waals surface area contributed by atoms with E-state index >= 15 is 0 Å². The monoisotopic (exact) mass is 271 g/mol. The van der Waals surface area contributed by atoms with Crippen LogP contribution in [0.5, 0.6) is 0 Å². The van der Waals surface area contributed by atoms with Crippen molar-refractivity contribution in [2.24, 2.45) is 7.05 Å². The Kier molecular flexibility index (Phi) is 4.61. The third kappa shape index (κ3) is 4.49. The van der Waals surface area contributed by atoms with Gasteiger partial charge >= 0.3 is 0 Å². The van der Waals surface area contributed by atoms with Crippen LogP contribution in [-0.2, 0) is 13.5 Å². The molecule has 0 aliphatic rings. The molecule has 0 aliphatic carbocycles. The Bertz CT molecular complexity index is 523. The van der Waals surface area contributed by atoms with Crippen molar-refractivity contribution < 1.29 is 0 Å². The van der Waals surface area contributed by atoms with E-state index in [1.165, 1.54) is 5.56 Å². The van der Waals surface area contributed by atoms with Crippen LogP contribution >= 0.6 is 0 Å². The molecule has 3 heteroatoms. The highest BCUT2D eigenvalue weighted by molar-refractivity contribution is 5.22. The highest BCUT2D eigenvalue weighted by Gasteiger charge is 2.17. The fraction of sp³-hybridized carbons (Fsp3) is 0.471. The Hall–Kier alpha value is -1.61. The van der Waals surface area contributed by atoms with Crippen molar-refractivity contribution in [2.45, 2.75) is 38.6 Å². The molecule has 1 unspecified atom stereocenters. The Morgan fingerprint density at radius 1 is 1.15 bits per heavy atom. The molecule has 0 saturated carbocycles. The summed E-state index contributed by atoms with van der Waals surface area (Å²) in [5.74, 6) is 0.449. The molecule has 0 fully saturated rings. The van der Waals surface area contributed by atoms with E-state index in [1.807, 2.05) is 17.9 Å². The van der Waals surface area contributed by atoms with Crippen LogP contribution in [0, 0.1) is 0 Å². The third-order valence-electron chi connectivity index (χ3n) is 3.37. The molecule has 0 spiro atoms. The molecule has 0 radical (unpaired) electrons. The van der Waals surface area contributed by atoms with Crippen LogP contribution in [0.4, 0.5) is 0 Å². The fourth-order valence-corrected chi connectivity index (χ4v) is 2.29. The van der Waals surface area contributed by atoms with Gasteiger partial charge in [0.25, 0.3) is 0 Å². The summed E-state index contributed by atoms with van der Waals surface area (Å²) in [6.07, 6.45) is 2.97. The molecular formula is C17H25N3. The molecule has 0 amide bonds. The molecule has 3 nitrogen and oxygen atoms in total. The second kappa shape index (κ2) is 6.23. The van der Waals surface area contributed by atoms with E-state index in [0.717, 1.165) is 18.7 Å². The lowest BCUT2D eigenvalue weighted by Crippen LogP contribution is -2.39. The van der Waals surface area contributed by atoms with Gasteiger partial charge in [0.1, 0.15) is 0 Å². The highest BCUT2D eigenvalue weighted by Crippen LogP contribution is 2.20. The number of nitrogens with zero attached hydrogens (tertiary/aromatic N) is 2. The number of hydrogen-bond donors (Lipinski definition) is 1. The smallest absolute Gasteiger partial charge is 0.0631 e. The van der Waals surface area contributed by atoms with Gasteiger partial charge in [-0.3, -0.25) is 4.68 Å². The van der Waals surface area contributed by atoms with Crippen LogP contribution in [0.15, 0.2) is 42.6 Å². The number of aromatic nitrogens is 2. The third-order valence-corrected chi connectivity index (χ3v) is 3.37. The lowest BCUT2D eigenvalue weighted by Gasteiger charge is -2.25. The van der Waals surface area contributed by atoms with Crippen LogP contribution in [0.1, 0.15) is 37.9 Å². The minimum absolute atomic E-state index is 0.136. The van der Waals surface area contributed by atoms with Crippen LogP contribution in [0.25, 0.3) is 0 Å². The molecule has 2 rings (SSSR count). The minimum Gasteiger partial charge on any atom is -0.311 e. The summed E-state index contributed by atoms with van der Waals surface area (Å²) in [7, 11) is 1.97. The number of aryl methyl sites for hydroxylation is 1. The standard InChI is InChI=1S/C17H25N3/c1-17(2,3)18-13-15(14-8-6-5-7-9-14)12-16-10-11-20(4)19-16/h5-11,15,18H,12-13H2,1-4H3. The molecular weight excluding hydrogens is 246 g/mol. The summed E-state index contributed by atoms with van der Waals surface area (Å²) < 4.78 is 1.87. The van der Waals surface area contributed by atoms with Gasteiger partial charge in [-0.2, -0.15) is 5.10 Å². The van der Waals surface area contributed by atoms with Crippen molar-refractivity contribution in [1.82, 2.24) is 15.1 Å². The fourth-order valence-electron chi connectivity index (χ4n) is 2.29. The van der Waals surface area contributed by atoms with Gasteiger partial charge in [-0.15, -0.1) is 0 Å². The van der Waals surface area contributed by atoms with Crippen molar-refractivity contribution in [3.8, 4) is 0 Å². The number of rotatable bonds is 5. The van der Waals surface area contributed by atoms with Gasteiger partial charge in [0, 0.05) is 31.2 Å². The van der Waals surface area contributed by atoms with Crippen molar-refractivity contribution >= 4 is 0 Å². The molecule has 1 atom stereocenters. The minimum atomic E-state index is 0.136. The van der Waals surface area contributed by atoms with Gasteiger partial charge in [-0.1, -0.05) is 30.3 Å². The molecule has 20 heavy (non-hydrogen) atoms. The first-order valence-corrected chi connectivity index (χ1v) is 7.22. The predicted molar refractivity (Wildman–Crippen MR) is 83.9 cm³/mol. The molecule has 0 bridgehead atoms. The first-order chi connectivity index (χ1) is 9.44. The van der Waals surface area contributed by atoms with E-state index in [4.69, 9.17) is 0 Å². The Morgan fingerprint density at radius 2 is 1.85 bits per heavy atom. The summed E-state index contributed by atoms with van der Waals surface area (Å²) in [6.45, 7) is 7.57. The average molecular weight is 271 g/mol. The molecule has 1 aromatic carbocycles. The first kappa shape index (κ1) is 14.8. The summed E-state index contributed by atoms with van der Waals surface area (Å²) >= 11 is 0. The first-order valence-electron chi connectivity index (χ1n) is 7.22. The number of nitrogens with one attached hydrogen (secondary N) is 1. The SMILES string of the molecule is Cn1ccc(CC(CNC(C)(C)C)c2ccccc2)n1. The van der Waals surface area contributed by atoms with Crippen molar-refractivity contribution in [3.05, 3.63) is 53.9 Å². The van der Waals surface area contributed by atoms with Gasteiger partial charge in [0.15, 0.2) is 0 Å². The van der Waals surface area contributed by atoms with Crippen LogP contribution in [0.3, 0.4) is 0 Å². The van der Waals surface area contributed by atoms with Crippen molar-refractivity contribution in [2.75, 3.05) is 6.54 Å². The predicted octanol–water partition coefficient (Wildman–Crippen LogP) is 3.13. The lowest BCUT2D eigenvalue weighted by atomic mass is 9.93. The zero-order valence-electron chi connectivity index (χ0n) is 12.9. The summed E-state index contributed by atoms with van der Waals surface area (Å²) in [5.41, 5.74) is 2.66. The Balaban J connectivity index is 2.11. The second-order valence-corrected chi connectivity index (χ2v) is 6.42. The number of benzene rings is 1. The quantitative estimate of drug-likeness (QED) is 0.905. The van der Waals surface area contributed by atoms with Crippen LogP contribution in [-0.4, -0.2) is 21.9 Å². The highest BCUT2D eigenvalue weighted by atomic mass is 15.2. The van der Waals surface area contributed by atoms with E-state index in [1.54, 1.807) is 0 Å². The largest absolute Gasteiger partial charge is 0.311 e. The molecule has 1 heterocycles. The maximum absolute atomic E-state index is 4.51. The van der Waals surface area contributed by atoms with Gasteiger partial charge < -0.3 is 5.32 Å². The average Bonchev–Trinajstić information content (AvgIpc) is 2.80. The van der Waals surface area contributed by atoms with E-state index in [2.05, 4.69) is 67.6 Å². The van der Waals surface area contributed by atoms with Gasteiger partial charge in [0.2, 0.25) is 0 Å². The van der Waals surface area contributed by atoms with E-state index in [-0.39, 0.29) is 5.54 Å². The van der Waals surface area contributed by atoms with Crippen molar-refractivity contribution in [3.63, 3.8) is 0 Å². The normalized spacial score (nSPS) is 13.4. The zero-order valence-corrected chi connectivity index (χ0v) is 12.9. The van der Waals surface area contributed by atoms with Gasteiger partial charge in [-0.05, 0) is 38.8 Å². The molecule has 1 aromatic heterocycles. The molecule has 108 valence electrons. The van der Waals surface area contributed by atoms with E-state index in [0.29, 0.717) is 5.92 Å². The van der Waals surface area contributed by atoms with Gasteiger partial charge in [0.05, 0.1) is 5.69 Å². The van der Waals surface area contributed by atoms with Gasteiger partial charge in [-0.25, -0.2) is 0 Å². The lowest BCUT2D eigenvalue weighted by molar-refractivity contribution is 0.404. The van der Waals surface area contributed by atoms with E-state index in [9.17, 15) is 0 Å². The molecule has 1 N–H and O–H groups in total. The maximum atomic E-state index is 4.51.